The summed E-state index contributed by atoms with van der Waals surface area (Å²) in [5.41, 5.74) is 14.8. The Morgan fingerprint density at radius 1 is 0.390 bits per heavy atom. The molecule has 2 aromatic heterocycles. The number of fused-ring (bicyclic) bond motifs is 11. The minimum Gasteiger partial charge on any atom is -0.455 e. The van der Waals surface area contributed by atoms with Gasteiger partial charge in [0.25, 0.3) is 0 Å². The lowest BCUT2D eigenvalue weighted by molar-refractivity contribution is 0.674. The highest BCUT2D eigenvalue weighted by atomic mass is 16.3. The Labute approximate surface area is 341 Å². The van der Waals surface area contributed by atoms with E-state index >= 15 is 0 Å². The first-order valence-electron chi connectivity index (χ1n) is 20.2. The molecule has 0 aliphatic heterocycles. The molecule has 1 aliphatic carbocycles. The molecule has 2 heterocycles. The van der Waals surface area contributed by atoms with Crippen LogP contribution in [-0.2, 0) is 5.41 Å². The topological polar surface area (TPSA) is 38.9 Å². The third-order valence-electron chi connectivity index (χ3n) is 12.6. The van der Waals surface area contributed by atoms with Gasteiger partial charge in [-0.2, -0.15) is 0 Å². The molecule has 0 spiro atoms. The van der Waals surface area contributed by atoms with Crippen LogP contribution in [0.25, 0.3) is 99.6 Å². The van der Waals surface area contributed by atoms with Crippen molar-refractivity contribution in [2.24, 2.45) is 0 Å². The predicted molar refractivity (Wildman–Crippen MR) is 243 cm³/mol. The molecule has 0 radical (unpaired) electrons. The summed E-state index contributed by atoms with van der Waals surface area (Å²) < 4.78 is 6.95. The zero-order chi connectivity index (χ0) is 39.1. The molecule has 0 fully saturated rings. The van der Waals surface area contributed by atoms with Crippen molar-refractivity contribution >= 4 is 43.5 Å². The van der Waals surface area contributed by atoms with Crippen LogP contribution in [0.4, 0.5) is 0 Å². The van der Waals surface area contributed by atoms with Gasteiger partial charge in [0.1, 0.15) is 11.2 Å². The van der Waals surface area contributed by atoms with Crippen LogP contribution in [0.5, 0.6) is 0 Å². The van der Waals surface area contributed by atoms with Crippen molar-refractivity contribution in [1.29, 1.82) is 0 Å². The smallest absolute Gasteiger partial charge is 0.160 e. The van der Waals surface area contributed by atoms with E-state index in [1.807, 2.05) is 18.2 Å². The van der Waals surface area contributed by atoms with Crippen molar-refractivity contribution in [1.82, 2.24) is 9.97 Å². The summed E-state index contributed by atoms with van der Waals surface area (Å²) in [7, 11) is 0. The van der Waals surface area contributed by atoms with Gasteiger partial charge in [-0.25, -0.2) is 9.97 Å². The van der Waals surface area contributed by atoms with Gasteiger partial charge in [0.2, 0.25) is 0 Å². The van der Waals surface area contributed by atoms with Gasteiger partial charge in [-0.1, -0.05) is 188 Å². The molecular weight excluding hydrogens is 717 g/mol. The highest BCUT2D eigenvalue weighted by Crippen LogP contribution is 2.55. The second-order valence-electron chi connectivity index (χ2n) is 15.8. The van der Waals surface area contributed by atoms with Gasteiger partial charge in [-0.3, -0.25) is 0 Å². The summed E-state index contributed by atoms with van der Waals surface area (Å²) in [6.45, 7) is 2.36. The van der Waals surface area contributed by atoms with E-state index in [1.165, 1.54) is 44.0 Å². The van der Waals surface area contributed by atoms with Gasteiger partial charge < -0.3 is 4.42 Å². The number of para-hydroxylation sites is 1. The Morgan fingerprint density at radius 3 is 1.78 bits per heavy atom. The van der Waals surface area contributed by atoms with Crippen LogP contribution >= 0.6 is 0 Å². The first kappa shape index (κ1) is 33.5. The molecule has 11 aromatic rings. The van der Waals surface area contributed by atoms with E-state index in [0.717, 1.165) is 66.5 Å². The molecule has 1 aliphatic rings. The SMILES string of the molecule is CC1(c2ccccc2)c2ccccc2-c2c(-c3cc(-c4cccc(-c5cccc6c5oc5c7ccccc7c7ccccc7c65)c4)nc(-c4ccccc4)n3)cccc21. The fourth-order valence-corrected chi connectivity index (χ4v) is 9.79. The van der Waals surface area contributed by atoms with Crippen LogP contribution in [0.1, 0.15) is 23.6 Å². The molecule has 12 rings (SSSR count). The fraction of sp³-hybridized carbons (Fsp3) is 0.0357. The van der Waals surface area contributed by atoms with Crippen molar-refractivity contribution in [3.8, 4) is 56.2 Å². The van der Waals surface area contributed by atoms with Crippen molar-refractivity contribution in [2.75, 3.05) is 0 Å². The number of furan rings is 1. The zero-order valence-electron chi connectivity index (χ0n) is 32.4. The first-order valence-corrected chi connectivity index (χ1v) is 20.2. The minimum atomic E-state index is -0.314. The molecular formula is C56H36N2O. The number of hydrogen-bond acceptors (Lipinski definition) is 3. The average Bonchev–Trinajstić information content (AvgIpc) is 3.84. The lowest BCUT2D eigenvalue weighted by Crippen LogP contribution is -2.22. The number of aromatic nitrogens is 2. The van der Waals surface area contributed by atoms with Crippen LogP contribution in [0.3, 0.4) is 0 Å². The fourth-order valence-electron chi connectivity index (χ4n) is 9.79. The minimum absolute atomic E-state index is 0.314. The van der Waals surface area contributed by atoms with Gasteiger partial charge in [-0.05, 0) is 68.6 Å². The van der Waals surface area contributed by atoms with Crippen LogP contribution in [0.2, 0.25) is 0 Å². The summed E-state index contributed by atoms with van der Waals surface area (Å²) >= 11 is 0. The van der Waals surface area contributed by atoms with Gasteiger partial charge in [0.05, 0.1) is 11.4 Å². The lowest BCUT2D eigenvalue weighted by Gasteiger charge is -2.28. The van der Waals surface area contributed by atoms with E-state index in [4.69, 9.17) is 14.4 Å². The van der Waals surface area contributed by atoms with E-state index in [-0.39, 0.29) is 5.41 Å². The highest BCUT2D eigenvalue weighted by Gasteiger charge is 2.41. The van der Waals surface area contributed by atoms with Crippen molar-refractivity contribution < 1.29 is 4.42 Å². The van der Waals surface area contributed by atoms with Gasteiger partial charge in [0, 0.05) is 43.8 Å². The van der Waals surface area contributed by atoms with E-state index in [2.05, 4.69) is 189 Å². The number of benzene rings is 9. The lowest BCUT2D eigenvalue weighted by atomic mass is 9.74. The van der Waals surface area contributed by atoms with E-state index in [1.54, 1.807) is 0 Å². The molecule has 0 N–H and O–H groups in total. The summed E-state index contributed by atoms with van der Waals surface area (Å²) in [5, 5.41) is 7.02. The molecule has 0 saturated heterocycles. The van der Waals surface area contributed by atoms with E-state index in [9.17, 15) is 0 Å². The average molecular weight is 753 g/mol. The molecule has 1 unspecified atom stereocenters. The van der Waals surface area contributed by atoms with Crippen molar-refractivity contribution in [2.45, 2.75) is 12.3 Å². The molecule has 1 atom stereocenters. The second kappa shape index (κ2) is 13.0. The Hall–Kier alpha value is -7.62. The van der Waals surface area contributed by atoms with Crippen LogP contribution < -0.4 is 0 Å². The molecule has 0 saturated carbocycles. The van der Waals surface area contributed by atoms with Gasteiger partial charge in [0.15, 0.2) is 5.82 Å². The maximum absolute atomic E-state index is 6.95. The molecule has 0 amide bonds. The third kappa shape index (κ3) is 5.01. The summed E-state index contributed by atoms with van der Waals surface area (Å²) in [6, 6.07) is 71.3. The third-order valence-corrected chi connectivity index (χ3v) is 12.6. The molecule has 59 heavy (non-hydrogen) atoms. The van der Waals surface area contributed by atoms with Gasteiger partial charge >= 0.3 is 0 Å². The molecule has 3 nitrogen and oxygen atoms in total. The molecule has 3 heteroatoms. The summed E-state index contributed by atoms with van der Waals surface area (Å²) in [5.74, 6) is 0.691. The standard InChI is InChI=1S/C56H36N2O/c1-56(38-21-6-3-7-22-38)47-31-13-12-27-44(47)51-45(29-16-32-48(51)56)50-34-49(57-55(58-50)35-17-4-2-5-18-35)37-20-14-19-36(33-37)39-28-15-30-46-52-42-25-10-8-23-40(42)41-24-9-11-26-43(41)54(52)59-53(39)46/h2-34H,1H3. The quantitative estimate of drug-likeness (QED) is 0.164. The van der Waals surface area contributed by atoms with Crippen LogP contribution in [-0.4, -0.2) is 9.97 Å². The Bertz CT molecular complexity index is 3460. The Kier molecular flexibility index (Phi) is 7.36. The first-order chi connectivity index (χ1) is 29.1. The highest BCUT2D eigenvalue weighted by molar-refractivity contribution is 6.31. The summed E-state index contributed by atoms with van der Waals surface area (Å²) in [4.78, 5) is 10.6. The van der Waals surface area contributed by atoms with E-state index in [0.29, 0.717) is 5.82 Å². The number of nitrogens with zero attached hydrogens (tertiary/aromatic N) is 2. The van der Waals surface area contributed by atoms with Crippen molar-refractivity contribution in [3.63, 3.8) is 0 Å². The number of rotatable bonds is 5. The monoisotopic (exact) mass is 752 g/mol. The van der Waals surface area contributed by atoms with Crippen LogP contribution in [0, 0.1) is 0 Å². The van der Waals surface area contributed by atoms with Crippen LogP contribution in [0.15, 0.2) is 205 Å². The largest absolute Gasteiger partial charge is 0.455 e. The summed E-state index contributed by atoms with van der Waals surface area (Å²) in [6.07, 6.45) is 0. The molecule has 0 bridgehead atoms. The van der Waals surface area contributed by atoms with Crippen molar-refractivity contribution in [3.05, 3.63) is 217 Å². The Morgan fingerprint density at radius 2 is 0.949 bits per heavy atom. The molecule has 276 valence electrons. The zero-order valence-corrected chi connectivity index (χ0v) is 32.4. The van der Waals surface area contributed by atoms with Gasteiger partial charge in [-0.15, -0.1) is 0 Å². The second-order valence-corrected chi connectivity index (χ2v) is 15.8. The maximum Gasteiger partial charge on any atom is 0.160 e. The maximum atomic E-state index is 6.95. The number of hydrogen-bond donors (Lipinski definition) is 0. The normalized spacial score (nSPS) is 14.6. The predicted octanol–water partition coefficient (Wildman–Crippen LogP) is 14.7. The molecule has 9 aromatic carbocycles. The Balaban J connectivity index is 1.06. The van der Waals surface area contributed by atoms with E-state index < -0.39 is 0 Å².